The average Bonchev–Trinajstić information content (AvgIpc) is 2.14. The molecule has 110 valence electrons. The first-order valence-corrected chi connectivity index (χ1v) is 10.6. The quantitative estimate of drug-likeness (QED) is 0.233. The molecule has 19 heavy (non-hydrogen) atoms. The van der Waals surface area contributed by atoms with E-state index in [9.17, 15) is 16.9 Å². The van der Waals surface area contributed by atoms with Gasteiger partial charge < -0.3 is 0 Å². The molecule has 0 saturated carbocycles. The van der Waals surface area contributed by atoms with Gasteiger partial charge in [-0.1, -0.05) is 42.5 Å². The monoisotopic (exact) mass is 506 g/mol. The summed E-state index contributed by atoms with van der Waals surface area (Å²) in [5, 5.41) is 2.68. The van der Waals surface area contributed by atoms with Crippen molar-refractivity contribution in [1.82, 2.24) is 0 Å². The third kappa shape index (κ3) is 10.3. The van der Waals surface area contributed by atoms with Gasteiger partial charge in [0.15, 0.2) is 0 Å². The van der Waals surface area contributed by atoms with E-state index in [4.69, 9.17) is 0 Å². The van der Waals surface area contributed by atoms with Crippen molar-refractivity contribution in [3.63, 3.8) is 0 Å². The van der Waals surface area contributed by atoms with E-state index >= 15 is 0 Å². The molecular formula is C11H12F6ISb. The average molecular weight is 507 g/mol. The van der Waals surface area contributed by atoms with Gasteiger partial charge in [0.05, 0.1) is 0 Å². The predicted molar refractivity (Wildman–Crippen MR) is 77.6 cm³/mol. The molecule has 0 heterocycles. The topological polar surface area (TPSA) is 0 Å². The van der Waals surface area contributed by atoms with Gasteiger partial charge in [0.1, 0.15) is 0 Å². The normalized spacial score (nSPS) is 14.5. The number of fused-ring (bicyclic) bond motifs is 1. The second kappa shape index (κ2) is 5.31. The number of rotatable bonds is 0. The van der Waals surface area contributed by atoms with Crippen LogP contribution in [0.15, 0.2) is 42.5 Å². The molecule has 0 atom stereocenters. The Balaban J connectivity index is 0. The zero-order valence-corrected chi connectivity index (χ0v) is 14.5. The van der Waals surface area contributed by atoms with Crippen molar-refractivity contribution in [2.45, 2.75) is 6.92 Å². The maximum absolute atomic E-state index is 11.2. The van der Waals surface area contributed by atoms with Gasteiger partial charge in [-0.2, -0.15) is 0 Å². The van der Waals surface area contributed by atoms with E-state index in [0.717, 1.165) is 0 Å². The Hall–Kier alpha value is -0.172. The van der Waals surface area contributed by atoms with E-state index < -0.39 is 19.5 Å². The van der Waals surface area contributed by atoms with Crippen LogP contribution in [0.25, 0.3) is 10.8 Å². The van der Waals surface area contributed by atoms with Crippen molar-refractivity contribution in [3.05, 3.63) is 48.0 Å². The molecule has 0 bridgehead atoms. The molecule has 0 saturated heterocycles. The van der Waals surface area contributed by atoms with Gasteiger partial charge in [0.2, 0.25) is 0 Å². The van der Waals surface area contributed by atoms with Gasteiger partial charge in [-0.05, 0) is 23.3 Å². The van der Waals surface area contributed by atoms with E-state index in [1.165, 1.54) is 16.3 Å². The zero-order valence-electron chi connectivity index (χ0n) is 10.7. The van der Waals surface area contributed by atoms with E-state index in [2.05, 4.69) is 49.4 Å². The summed E-state index contributed by atoms with van der Waals surface area (Å²) in [4.78, 5) is 0. The van der Waals surface area contributed by atoms with Gasteiger partial charge in [-0.3, -0.25) is 0 Å². The number of benzene rings is 2. The Labute approximate surface area is 127 Å². The smallest absolute Gasteiger partial charge is 1.00 e. The summed E-state index contributed by atoms with van der Waals surface area (Å²) in [5.74, 6) is 0. The molecule has 0 aliphatic carbocycles. The zero-order chi connectivity index (χ0) is 14.1. The predicted octanol–water partition coefficient (Wildman–Crippen LogP) is 6.02. The van der Waals surface area contributed by atoms with Gasteiger partial charge >= 0.3 is 37.8 Å². The first kappa shape index (κ1) is 18.8. The molecule has 2 rings (SSSR count). The second-order valence-corrected chi connectivity index (χ2v) is 9.22. The van der Waals surface area contributed by atoms with E-state index in [1.807, 2.05) is 0 Å². The molecule has 0 unspecified atom stereocenters. The van der Waals surface area contributed by atoms with Crippen LogP contribution in [0.4, 0.5) is 16.9 Å². The van der Waals surface area contributed by atoms with Crippen molar-refractivity contribution in [2.75, 3.05) is 0 Å². The Morgan fingerprint density at radius 1 is 0.789 bits per heavy atom. The van der Waals surface area contributed by atoms with Gasteiger partial charge in [-0.15, -0.1) is 24.0 Å². The third-order valence-corrected chi connectivity index (χ3v) is 2.01. The maximum Gasteiger partial charge on any atom is 1.00 e. The molecule has 2 aromatic carbocycles. The first-order chi connectivity index (χ1) is 7.83. The number of halogens is 7. The van der Waals surface area contributed by atoms with Gasteiger partial charge in [0.25, 0.3) is 0 Å². The van der Waals surface area contributed by atoms with Crippen LogP contribution >= 0.6 is 24.0 Å². The summed E-state index contributed by atoms with van der Waals surface area (Å²) in [6.45, 7) is 2.14. The first-order valence-electron chi connectivity index (χ1n) is 4.84. The van der Waals surface area contributed by atoms with E-state index in [1.54, 1.807) is 0 Å². The van der Waals surface area contributed by atoms with E-state index in [0.29, 0.717) is 0 Å². The molecule has 8 heteroatoms. The van der Waals surface area contributed by atoms with Crippen LogP contribution in [0.2, 0.25) is 0 Å². The molecule has 0 aliphatic rings. The summed E-state index contributed by atoms with van der Waals surface area (Å²) in [5.41, 5.74) is 1.35. The molecule has 0 spiro atoms. The molecule has 0 aromatic heterocycles. The number of hydrogen-bond acceptors (Lipinski definition) is 0. The Morgan fingerprint density at radius 2 is 1.21 bits per heavy atom. The van der Waals surface area contributed by atoms with Crippen LogP contribution in [0, 0.1) is 6.92 Å². The van der Waals surface area contributed by atoms with Crippen molar-refractivity contribution in [2.24, 2.45) is 0 Å². The largest absolute Gasteiger partial charge is 1.00 e. The summed E-state index contributed by atoms with van der Waals surface area (Å²) < 4.78 is 59.6. The van der Waals surface area contributed by atoms with Crippen LogP contribution in [0.5, 0.6) is 0 Å². The SMILES string of the molecule is Cc1cccc2ccccc12.I.[F][Sb-]([F])([F])([F])([F])[F].[H+]. The molecule has 2 aromatic rings. The van der Waals surface area contributed by atoms with Crippen molar-refractivity contribution in [1.29, 1.82) is 0 Å². The third-order valence-electron chi connectivity index (χ3n) is 2.01. The molecule has 0 radical (unpaired) electrons. The van der Waals surface area contributed by atoms with Crippen molar-refractivity contribution in [3.8, 4) is 0 Å². The summed E-state index contributed by atoms with van der Waals surface area (Å²) in [6, 6.07) is 14.8. The van der Waals surface area contributed by atoms with Gasteiger partial charge in [0, 0.05) is 0 Å². The van der Waals surface area contributed by atoms with Crippen LogP contribution in [0.1, 0.15) is 6.99 Å². The fourth-order valence-corrected chi connectivity index (χ4v) is 1.39. The fourth-order valence-electron chi connectivity index (χ4n) is 1.39. The Morgan fingerprint density at radius 3 is 1.68 bits per heavy atom. The molecule has 0 fully saturated rings. The van der Waals surface area contributed by atoms with E-state index in [-0.39, 0.29) is 25.4 Å². The van der Waals surface area contributed by atoms with Crippen LogP contribution < -0.4 is 0 Å². The van der Waals surface area contributed by atoms with Crippen LogP contribution in [-0.2, 0) is 0 Å². The molecule has 0 N–H and O–H groups in total. The molecule has 0 aliphatic heterocycles. The molecule has 0 amide bonds. The van der Waals surface area contributed by atoms with Crippen molar-refractivity contribution < 1.29 is 18.3 Å². The van der Waals surface area contributed by atoms with Crippen LogP contribution in [0.3, 0.4) is 0 Å². The minimum atomic E-state index is -11.2. The molecular weight excluding hydrogens is 495 g/mol. The number of aryl methyl sites for hydroxylation is 1. The molecule has 0 nitrogen and oxygen atoms in total. The Kier molecular flexibility index (Phi) is 5.26. The maximum atomic E-state index is 9.93. The summed E-state index contributed by atoms with van der Waals surface area (Å²) in [6.07, 6.45) is 0. The van der Waals surface area contributed by atoms with Crippen molar-refractivity contribution >= 4 is 54.2 Å². The Bertz CT molecular complexity index is 552. The second-order valence-electron chi connectivity index (χ2n) is 3.75. The van der Waals surface area contributed by atoms with Crippen LogP contribution in [-0.4, -0.2) is 19.5 Å². The standard InChI is InChI=1S/C11H10.6FH.HI.Sb/c1-9-5-4-7-10-6-2-3-8-11(9)10;;;;;;;;/h2-8H,1H3;7*1H;/q;;;;;;;;+5/p-5. The number of hydrogen-bond donors (Lipinski definition) is 0. The summed E-state index contributed by atoms with van der Waals surface area (Å²) in [7, 11) is 0. The minimum Gasteiger partial charge on any atom is 1.00 e. The summed E-state index contributed by atoms with van der Waals surface area (Å²) >= 11 is -11.2. The fraction of sp³-hybridized carbons (Fsp3) is 0.0909. The minimum absolute atomic E-state index is 0. The van der Waals surface area contributed by atoms with Gasteiger partial charge in [-0.25, -0.2) is 0 Å².